The van der Waals surface area contributed by atoms with Crippen molar-refractivity contribution < 1.29 is 19.6 Å². The Hall–Kier alpha value is -2.17. The fourth-order valence-electron chi connectivity index (χ4n) is 3.94. The molecular weight excluding hydrogens is 355 g/mol. The summed E-state index contributed by atoms with van der Waals surface area (Å²) in [5, 5.41) is 19.9. The smallest absolute Gasteiger partial charge is 0.444 e. The van der Waals surface area contributed by atoms with Gasteiger partial charge in [0.05, 0.1) is 0 Å². The van der Waals surface area contributed by atoms with E-state index in [1.807, 2.05) is 41.5 Å². The van der Waals surface area contributed by atoms with Crippen LogP contribution in [0.2, 0.25) is 0 Å². The molecule has 0 aromatic heterocycles. The van der Waals surface area contributed by atoms with Crippen LogP contribution in [-0.2, 0) is 11.2 Å². The van der Waals surface area contributed by atoms with Gasteiger partial charge in [-0.2, -0.15) is 0 Å². The van der Waals surface area contributed by atoms with E-state index in [0.29, 0.717) is 38.1 Å². The topological polar surface area (TPSA) is 73.2 Å². The number of hydrogen-bond donors (Lipinski definition) is 2. The molecule has 28 heavy (non-hydrogen) atoms. The molecule has 1 aromatic carbocycles. The Morgan fingerprint density at radius 1 is 1.11 bits per heavy atom. The van der Waals surface area contributed by atoms with Crippen molar-refractivity contribution in [3.05, 3.63) is 22.3 Å². The molecule has 7 heteroatoms. The lowest BCUT2D eigenvalue weighted by atomic mass is 9.71. The molecule has 1 aliphatic heterocycles. The van der Waals surface area contributed by atoms with Gasteiger partial charge in [-0.15, -0.1) is 12.3 Å². The van der Waals surface area contributed by atoms with Crippen LogP contribution < -0.4 is 10.4 Å². The van der Waals surface area contributed by atoms with E-state index in [9.17, 15) is 14.8 Å². The molecular formula is C21H31BN2O4. The highest BCUT2D eigenvalue weighted by Crippen LogP contribution is 2.30. The Morgan fingerprint density at radius 3 is 2.14 bits per heavy atom. The first kappa shape index (κ1) is 22.1. The van der Waals surface area contributed by atoms with Crippen molar-refractivity contribution in [1.82, 2.24) is 4.90 Å². The highest BCUT2D eigenvalue weighted by molar-refractivity contribution is 6.60. The molecule has 0 unspecified atom stereocenters. The van der Waals surface area contributed by atoms with E-state index < -0.39 is 12.7 Å². The molecule has 1 heterocycles. The van der Waals surface area contributed by atoms with Crippen LogP contribution in [0.1, 0.15) is 43.0 Å². The molecule has 2 N–H and O–H groups in total. The number of nitrogens with zero attached hydrogens (tertiary/aromatic N) is 2. The largest absolute Gasteiger partial charge is 0.489 e. The predicted octanol–water partition coefficient (Wildman–Crippen LogP) is 1.52. The van der Waals surface area contributed by atoms with Crippen molar-refractivity contribution in [2.24, 2.45) is 0 Å². The van der Waals surface area contributed by atoms with Crippen LogP contribution in [0.4, 0.5) is 10.5 Å². The summed E-state index contributed by atoms with van der Waals surface area (Å²) in [6.07, 6.45) is 5.68. The molecule has 0 spiro atoms. The minimum atomic E-state index is -1.56. The Morgan fingerprint density at radius 2 is 1.68 bits per heavy atom. The van der Waals surface area contributed by atoms with Gasteiger partial charge in [-0.25, -0.2) is 4.79 Å². The van der Waals surface area contributed by atoms with E-state index in [2.05, 4.69) is 10.8 Å². The van der Waals surface area contributed by atoms with Gasteiger partial charge in [-0.3, -0.25) is 0 Å². The SMILES string of the molecule is C#CCc1c(C)c(B(O)O)c(C)c(N2CCN(C(=O)OC(C)(C)C)CC2)c1C. The summed E-state index contributed by atoms with van der Waals surface area (Å²) in [6.45, 7) is 13.7. The van der Waals surface area contributed by atoms with Crippen molar-refractivity contribution in [2.45, 2.75) is 53.6 Å². The summed E-state index contributed by atoms with van der Waals surface area (Å²) >= 11 is 0. The standard InChI is InChI=1S/C21H31BN2O4/c1-8-9-17-14(2)18(22(26)27)16(4)19(15(17)3)23-10-12-24(13-11-23)20(25)28-21(5,6)7/h1,26-27H,9-13H2,2-7H3. The van der Waals surface area contributed by atoms with Crippen LogP contribution in [0.5, 0.6) is 0 Å². The number of terminal acetylenes is 1. The number of anilines is 1. The number of benzene rings is 1. The number of hydrogen-bond acceptors (Lipinski definition) is 5. The lowest BCUT2D eigenvalue weighted by Gasteiger charge is -2.39. The molecule has 1 aromatic rings. The number of rotatable bonds is 3. The molecule has 152 valence electrons. The second-order valence-corrected chi connectivity index (χ2v) is 8.32. The van der Waals surface area contributed by atoms with Crippen LogP contribution >= 0.6 is 0 Å². The van der Waals surface area contributed by atoms with Gasteiger partial charge in [-0.05, 0) is 69.3 Å². The zero-order valence-electron chi connectivity index (χ0n) is 17.8. The molecule has 0 bridgehead atoms. The average molecular weight is 386 g/mol. The summed E-state index contributed by atoms with van der Waals surface area (Å²) in [5.74, 6) is 2.67. The van der Waals surface area contributed by atoms with Crippen LogP contribution in [0.25, 0.3) is 0 Å². The third kappa shape index (κ3) is 4.63. The summed E-state index contributed by atoms with van der Waals surface area (Å²) in [6, 6.07) is 0. The molecule has 0 aliphatic carbocycles. The van der Waals surface area contributed by atoms with E-state index in [4.69, 9.17) is 11.2 Å². The molecule has 0 radical (unpaired) electrons. The maximum absolute atomic E-state index is 12.3. The number of piperazine rings is 1. The third-order valence-electron chi connectivity index (χ3n) is 5.21. The monoisotopic (exact) mass is 386 g/mol. The van der Waals surface area contributed by atoms with Crippen molar-refractivity contribution >= 4 is 24.4 Å². The zero-order chi connectivity index (χ0) is 21.2. The maximum atomic E-state index is 12.3. The van der Waals surface area contributed by atoms with E-state index in [-0.39, 0.29) is 6.09 Å². The molecule has 6 nitrogen and oxygen atoms in total. The van der Waals surface area contributed by atoms with Crippen molar-refractivity contribution in [1.29, 1.82) is 0 Å². The first-order chi connectivity index (χ1) is 13.0. The molecule has 1 aliphatic rings. The minimum Gasteiger partial charge on any atom is -0.444 e. The van der Waals surface area contributed by atoms with Gasteiger partial charge >= 0.3 is 13.2 Å². The molecule has 0 atom stereocenters. The number of amides is 1. The fourth-order valence-corrected chi connectivity index (χ4v) is 3.94. The van der Waals surface area contributed by atoms with E-state index >= 15 is 0 Å². The lowest BCUT2D eigenvalue weighted by Crippen LogP contribution is -2.51. The maximum Gasteiger partial charge on any atom is 0.489 e. The van der Waals surface area contributed by atoms with Gasteiger partial charge < -0.3 is 24.6 Å². The average Bonchev–Trinajstić information content (AvgIpc) is 2.57. The summed E-state index contributed by atoms with van der Waals surface area (Å²) in [7, 11) is -1.56. The van der Waals surface area contributed by atoms with E-state index in [1.54, 1.807) is 4.90 Å². The number of carbonyl (C=O) groups excluding carboxylic acids is 1. The van der Waals surface area contributed by atoms with Gasteiger partial charge in [0, 0.05) is 38.3 Å². The molecule has 2 rings (SSSR count). The molecule has 1 amide bonds. The van der Waals surface area contributed by atoms with Crippen molar-refractivity contribution in [3.63, 3.8) is 0 Å². The van der Waals surface area contributed by atoms with Crippen LogP contribution in [-0.4, -0.2) is 59.9 Å². The third-order valence-corrected chi connectivity index (χ3v) is 5.21. The second-order valence-electron chi connectivity index (χ2n) is 8.32. The van der Waals surface area contributed by atoms with Crippen LogP contribution in [0.3, 0.4) is 0 Å². The quantitative estimate of drug-likeness (QED) is 0.609. The van der Waals surface area contributed by atoms with Gasteiger partial charge in [0.2, 0.25) is 0 Å². The second kappa shape index (κ2) is 8.46. The molecule has 1 saturated heterocycles. The first-order valence-corrected chi connectivity index (χ1v) is 9.63. The summed E-state index contributed by atoms with van der Waals surface area (Å²) < 4.78 is 5.46. The van der Waals surface area contributed by atoms with E-state index in [0.717, 1.165) is 27.9 Å². The Bertz CT molecular complexity index is 785. The Labute approximate surface area is 168 Å². The van der Waals surface area contributed by atoms with Crippen molar-refractivity contribution in [2.75, 3.05) is 31.1 Å². The predicted molar refractivity (Wildman–Crippen MR) is 113 cm³/mol. The van der Waals surface area contributed by atoms with Gasteiger partial charge in [0.15, 0.2) is 0 Å². The summed E-state index contributed by atoms with van der Waals surface area (Å²) in [5.41, 5.74) is 4.66. The van der Waals surface area contributed by atoms with Crippen LogP contribution in [0.15, 0.2) is 0 Å². The molecule has 1 fully saturated rings. The summed E-state index contributed by atoms with van der Waals surface area (Å²) in [4.78, 5) is 16.2. The minimum absolute atomic E-state index is 0.302. The Kier molecular flexibility index (Phi) is 6.69. The number of carbonyl (C=O) groups is 1. The zero-order valence-corrected chi connectivity index (χ0v) is 17.8. The first-order valence-electron chi connectivity index (χ1n) is 9.63. The fraction of sp³-hybridized carbons (Fsp3) is 0.571. The van der Waals surface area contributed by atoms with Gasteiger partial charge in [0.25, 0.3) is 0 Å². The van der Waals surface area contributed by atoms with Crippen molar-refractivity contribution in [3.8, 4) is 12.3 Å². The lowest BCUT2D eigenvalue weighted by molar-refractivity contribution is 0.0240. The van der Waals surface area contributed by atoms with Gasteiger partial charge in [0.1, 0.15) is 5.60 Å². The highest BCUT2D eigenvalue weighted by Gasteiger charge is 2.30. The van der Waals surface area contributed by atoms with Crippen LogP contribution in [0, 0.1) is 33.1 Å². The van der Waals surface area contributed by atoms with E-state index in [1.165, 1.54) is 0 Å². The highest BCUT2D eigenvalue weighted by atomic mass is 16.6. The number of ether oxygens (including phenoxy) is 1. The Balaban J connectivity index is 2.32. The van der Waals surface area contributed by atoms with Gasteiger partial charge in [-0.1, -0.05) is 0 Å². The normalized spacial score (nSPS) is 14.7. The molecule has 0 saturated carbocycles.